The fraction of sp³-hybridized carbons (Fsp3) is 0.118. The van der Waals surface area contributed by atoms with Gasteiger partial charge in [-0.05, 0) is 23.6 Å². The number of H-pyrrole nitrogens is 1. The van der Waals surface area contributed by atoms with Gasteiger partial charge in [-0.25, -0.2) is 0 Å². The van der Waals surface area contributed by atoms with Crippen molar-refractivity contribution < 1.29 is 9.47 Å². The maximum absolute atomic E-state index is 11.4. The van der Waals surface area contributed by atoms with Crippen molar-refractivity contribution in [2.45, 2.75) is 0 Å². The molecule has 0 aliphatic carbocycles. The Morgan fingerprint density at radius 3 is 2.38 bits per heavy atom. The van der Waals surface area contributed by atoms with Gasteiger partial charge >= 0.3 is 0 Å². The van der Waals surface area contributed by atoms with E-state index in [1.165, 1.54) is 6.07 Å². The van der Waals surface area contributed by atoms with Gasteiger partial charge in [-0.2, -0.15) is 0 Å². The van der Waals surface area contributed by atoms with Crippen molar-refractivity contribution in [1.29, 1.82) is 0 Å². The molecule has 0 saturated heterocycles. The number of methoxy groups -OCH3 is 2. The van der Waals surface area contributed by atoms with Gasteiger partial charge < -0.3 is 14.5 Å². The zero-order valence-corrected chi connectivity index (χ0v) is 11.8. The summed E-state index contributed by atoms with van der Waals surface area (Å²) in [5.41, 5.74) is 2.49. The number of hydrogen-bond donors (Lipinski definition) is 1. The van der Waals surface area contributed by atoms with Crippen LogP contribution in [-0.2, 0) is 0 Å². The topological polar surface area (TPSA) is 51.3 Å². The van der Waals surface area contributed by atoms with Crippen molar-refractivity contribution >= 4 is 10.9 Å². The first-order chi connectivity index (χ1) is 10.2. The summed E-state index contributed by atoms with van der Waals surface area (Å²) in [5.74, 6) is 1.47. The number of aromatic amines is 1. The number of aromatic nitrogens is 1. The van der Waals surface area contributed by atoms with Crippen molar-refractivity contribution in [2.24, 2.45) is 0 Å². The van der Waals surface area contributed by atoms with E-state index in [1.807, 2.05) is 36.4 Å². The molecule has 106 valence electrons. The molecular formula is C17H15NO3. The summed E-state index contributed by atoms with van der Waals surface area (Å²) >= 11 is 0. The number of pyridine rings is 1. The molecule has 0 unspecified atom stereocenters. The van der Waals surface area contributed by atoms with Crippen LogP contribution in [-0.4, -0.2) is 19.2 Å². The maximum Gasteiger partial charge on any atom is 0.248 e. The van der Waals surface area contributed by atoms with Crippen LogP contribution >= 0.6 is 0 Å². The SMILES string of the molecule is COc1ccccc1-c1cc2ccc(=O)[nH]c2cc1OC. The highest BCUT2D eigenvalue weighted by molar-refractivity contribution is 5.89. The zero-order chi connectivity index (χ0) is 14.8. The van der Waals surface area contributed by atoms with Crippen molar-refractivity contribution in [3.8, 4) is 22.6 Å². The number of ether oxygens (including phenoxy) is 2. The second-order valence-corrected chi connectivity index (χ2v) is 4.66. The van der Waals surface area contributed by atoms with Crippen LogP contribution in [0.15, 0.2) is 53.3 Å². The van der Waals surface area contributed by atoms with E-state index in [4.69, 9.17) is 9.47 Å². The number of para-hydroxylation sites is 1. The van der Waals surface area contributed by atoms with Gasteiger partial charge in [-0.1, -0.05) is 18.2 Å². The Morgan fingerprint density at radius 1 is 0.857 bits per heavy atom. The minimum Gasteiger partial charge on any atom is -0.496 e. The molecule has 0 saturated carbocycles. The third kappa shape index (κ3) is 2.36. The first kappa shape index (κ1) is 13.2. The molecule has 21 heavy (non-hydrogen) atoms. The van der Waals surface area contributed by atoms with Crippen LogP contribution in [0.1, 0.15) is 0 Å². The molecule has 0 fully saturated rings. The third-order valence-corrected chi connectivity index (χ3v) is 3.44. The molecule has 3 rings (SSSR count). The minimum atomic E-state index is -0.130. The molecule has 0 aliphatic rings. The highest BCUT2D eigenvalue weighted by atomic mass is 16.5. The molecule has 1 aromatic heterocycles. The molecule has 2 aromatic carbocycles. The molecule has 0 spiro atoms. The molecule has 0 radical (unpaired) electrons. The molecule has 1 heterocycles. The number of hydrogen-bond acceptors (Lipinski definition) is 3. The van der Waals surface area contributed by atoms with Gasteiger partial charge in [0.15, 0.2) is 0 Å². The summed E-state index contributed by atoms with van der Waals surface area (Å²) in [7, 11) is 3.25. The Balaban J connectivity index is 2.31. The second-order valence-electron chi connectivity index (χ2n) is 4.66. The quantitative estimate of drug-likeness (QED) is 0.802. The first-order valence-corrected chi connectivity index (χ1v) is 6.57. The van der Waals surface area contributed by atoms with Gasteiger partial charge in [0.05, 0.1) is 19.7 Å². The van der Waals surface area contributed by atoms with E-state index in [1.54, 1.807) is 20.3 Å². The largest absolute Gasteiger partial charge is 0.496 e. The van der Waals surface area contributed by atoms with Gasteiger partial charge in [-0.3, -0.25) is 4.79 Å². The number of benzene rings is 2. The number of fused-ring (bicyclic) bond motifs is 1. The standard InChI is InChI=1S/C17H15NO3/c1-20-15-6-4-3-5-12(15)13-9-11-7-8-17(19)18-14(11)10-16(13)21-2/h3-10H,1-2H3,(H,18,19). The Morgan fingerprint density at radius 2 is 1.62 bits per heavy atom. The van der Waals surface area contributed by atoms with E-state index in [-0.39, 0.29) is 5.56 Å². The summed E-state index contributed by atoms with van der Waals surface area (Å²) in [6.45, 7) is 0. The van der Waals surface area contributed by atoms with Gasteiger partial charge in [0.2, 0.25) is 5.56 Å². The van der Waals surface area contributed by atoms with E-state index in [0.717, 1.165) is 27.8 Å². The van der Waals surface area contributed by atoms with E-state index in [9.17, 15) is 4.79 Å². The summed E-state index contributed by atoms with van der Waals surface area (Å²) in [4.78, 5) is 14.2. The van der Waals surface area contributed by atoms with Crippen molar-refractivity contribution in [3.05, 3.63) is 58.9 Å². The van der Waals surface area contributed by atoms with E-state index in [0.29, 0.717) is 5.75 Å². The van der Waals surface area contributed by atoms with E-state index < -0.39 is 0 Å². The van der Waals surface area contributed by atoms with Gasteiger partial charge in [0.25, 0.3) is 0 Å². The van der Waals surface area contributed by atoms with Crippen LogP contribution in [0.25, 0.3) is 22.0 Å². The van der Waals surface area contributed by atoms with Crippen LogP contribution in [0.4, 0.5) is 0 Å². The smallest absolute Gasteiger partial charge is 0.248 e. The lowest BCUT2D eigenvalue weighted by Crippen LogP contribution is -2.02. The Hall–Kier alpha value is -2.75. The predicted molar refractivity (Wildman–Crippen MR) is 83.1 cm³/mol. The van der Waals surface area contributed by atoms with Crippen molar-refractivity contribution in [3.63, 3.8) is 0 Å². The lowest BCUT2D eigenvalue weighted by atomic mass is 10.0. The Bertz CT molecular complexity index is 852. The zero-order valence-electron chi connectivity index (χ0n) is 11.8. The number of nitrogens with one attached hydrogen (secondary N) is 1. The average molecular weight is 281 g/mol. The summed E-state index contributed by atoms with van der Waals surface area (Å²) in [5, 5.41) is 0.941. The van der Waals surface area contributed by atoms with Gasteiger partial charge in [0.1, 0.15) is 11.5 Å². The molecule has 1 N–H and O–H groups in total. The molecule has 0 amide bonds. The lowest BCUT2D eigenvalue weighted by molar-refractivity contribution is 0.410. The van der Waals surface area contributed by atoms with E-state index in [2.05, 4.69) is 4.98 Å². The molecule has 0 aliphatic heterocycles. The maximum atomic E-state index is 11.4. The second kappa shape index (κ2) is 5.32. The van der Waals surface area contributed by atoms with Crippen LogP contribution in [0.3, 0.4) is 0 Å². The third-order valence-electron chi connectivity index (χ3n) is 3.44. The minimum absolute atomic E-state index is 0.130. The van der Waals surface area contributed by atoms with E-state index >= 15 is 0 Å². The average Bonchev–Trinajstić information content (AvgIpc) is 2.53. The first-order valence-electron chi connectivity index (χ1n) is 6.57. The normalized spacial score (nSPS) is 10.6. The monoisotopic (exact) mass is 281 g/mol. The Kier molecular flexibility index (Phi) is 3.36. The highest BCUT2D eigenvalue weighted by Crippen LogP contribution is 2.38. The summed E-state index contributed by atoms with van der Waals surface area (Å²) < 4.78 is 10.9. The Labute approximate surface area is 122 Å². The lowest BCUT2D eigenvalue weighted by Gasteiger charge is -2.13. The fourth-order valence-electron chi connectivity index (χ4n) is 2.43. The summed E-state index contributed by atoms with van der Waals surface area (Å²) in [6.07, 6.45) is 0. The predicted octanol–water partition coefficient (Wildman–Crippen LogP) is 3.21. The fourth-order valence-corrected chi connectivity index (χ4v) is 2.43. The van der Waals surface area contributed by atoms with Crippen molar-refractivity contribution in [1.82, 2.24) is 4.98 Å². The molecule has 0 bridgehead atoms. The van der Waals surface area contributed by atoms with Crippen LogP contribution in [0.2, 0.25) is 0 Å². The molecule has 0 atom stereocenters. The molecule has 4 nitrogen and oxygen atoms in total. The van der Waals surface area contributed by atoms with Crippen LogP contribution in [0.5, 0.6) is 11.5 Å². The molecule has 4 heteroatoms. The highest BCUT2D eigenvalue weighted by Gasteiger charge is 2.12. The van der Waals surface area contributed by atoms with Crippen LogP contribution in [0, 0.1) is 0 Å². The van der Waals surface area contributed by atoms with Gasteiger partial charge in [0, 0.05) is 23.3 Å². The molecule has 3 aromatic rings. The molecular weight excluding hydrogens is 266 g/mol. The van der Waals surface area contributed by atoms with Crippen LogP contribution < -0.4 is 15.0 Å². The number of rotatable bonds is 3. The summed E-state index contributed by atoms with van der Waals surface area (Å²) in [6, 6.07) is 14.9. The van der Waals surface area contributed by atoms with Gasteiger partial charge in [-0.15, -0.1) is 0 Å². The van der Waals surface area contributed by atoms with Crippen molar-refractivity contribution in [2.75, 3.05) is 14.2 Å².